The van der Waals surface area contributed by atoms with Gasteiger partial charge in [0.25, 0.3) is 10.0 Å². The van der Waals surface area contributed by atoms with Crippen molar-refractivity contribution in [3.8, 4) is 0 Å². The predicted molar refractivity (Wildman–Crippen MR) is 92.0 cm³/mol. The highest BCUT2D eigenvalue weighted by atomic mass is 79.9. The standard InChI is InChI=1S/C14H15BrClNO2S2/c1-9-11-8-10(16)5-6-12(11)20-14(9)21(18,19)17-7-3-2-4-13(17)15/h5-6,8,13H,2-4,7H2,1H3. The summed E-state index contributed by atoms with van der Waals surface area (Å²) in [4.78, 5) is -0.107. The van der Waals surface area contributed by atoms with Crippen molar-refractivity contribution in [3.05, 3.63) is 28.8 Å². The van der Waals surface area contributed by atoms with Gasteiger partial charge in [0, 0.05) is 16.3 Å². The van der Waals surface area contributed by atoms with Crippen LogP contribution in [0, 0.1) is 6.92 Å². The van der Waals surface area contributed by atoms with Gasteiger partial charge >= 0.3 is 0 Å². The molecule has 3 rings (SSSR count). The third-order valence-electron chi connectivity index (χ3n) is 3.78. The molecule has 2 heterocycles. The fourth-order valence-electron chi connectivity index (χ4n) is 2.66. The lowest BCUT2D eigenvalue weighted by molar-refractivity contribution is 0.327. The first-order valence-corrected chi connectivity index (χ1v) is 10.3. The van der Waals surface area contributed by atoms with Gasteiger partial charge in [-0.05, 0) is 55.3 Å². The fourth-order valence-corrected chi connectivity index (χ4v) is 7.40. The van der Waals surface area contributed by atoms with Crippen LogP contribution in [-0.2, 0) is 10.0 Å². The van der Waals surface area contributed by atoms with Gasteiger partial charge in [-0.15, -0.1) is 11.3 Å². The van der Waals surface area contributed by atoms with Gasteiger partial charge in [-0.1, -0.05) is 27.5 Å². The average Bonchev–Trinajstić information content (AvgIpc) is 2.77. The third-order valence-corrected chi connectivity index (χ3v) is 9.02. The first-order chi connectivity index (χ1) is 9.91. The Morgan fingerprint density at radius 2 is 2.14 bits per heavy atom. The quantitative estimate of drug-likeness (QED) is 0.531. The second kappa shape index (κ2) is 5.81. The summed E-state index contributed by atoms with van der Waals surface area (Å²) in [5.41, 5.74) is 0.794. The van der Waals surface area contributed by atoms with Gasteiger partial charge in [-0.3, -0.25) is 0 Å². The second-order valence-electron chi connectivity index (χ2n) is 5.20. The number of hydrogen-bond donors (Lipinski definition) is 0. The van der Waals surface area contributed by atoms with Crippen LogP contribution >= 0.6 is 38.9 Å². The fraction of sp³-hybridized carbons (Fsp3) is 0.429. The maximum atomic E-state index is 12.9. The molecule has 0 bridgehead atoms. The molecule has 1 aliphatic heterocycles. The first-order valence-electron chi connectivity index (χ1n) is 6.76. The number of halogens is 2. The molecule has 1 atom stereocenters. The molecule has 3 nitrogen and oxygen atoms in total. The highest BCUT2D eigenvalue weighted by molar-refractivity contribution is 9.09. The van der Waals surface area contributed by atoms with Crippen molar-refractivity contribution in [1.29, 1.82) is 0 Å². The van der Waals surface area contributed by atoms with E-state index in [-0.39, 0.29) is 4.95 Å². The number of aryl methyl sites for hydroxylation is 1. The molecule has 0 aliphatic carbocycles. The molecule has 0 N–H and O–H groups in total. The SMILES string of the molecule is Cc1c(S(=O)(=O)N2CCCCC2Br)sc2ccc(Cl)cc12. The molecule has 1 fully saturated rings. The highest BCUT2D eigenvalue weighted by Crippen LogP contribution is 2.39. The van der Waals surface area contributed by atoms with E-state index >= 15 is 0 Å². The second-order valence-corrected chi connectivity index (χ2v) is 9.83. The van der Waals surface area contributed by atoms with E-state index in [0.29, 0.717) is 15.8 Å². The maximum Gasteiger partial charge on any atom is 0.253 e. The summed E-state index contributed by atoms with van der Waals surface area (Å²) in [6, 6.07) is 5.52. The van der Waals surface area contributed by atoms with Crippen LogP contribution < -0.4 is 0 Å². The van der Waals surface area contributed by atoms with Crippen molar-refractivity contribution in [3.63, 3.8) is 0 Å². The molecule has 2 aromatic rings. The van der Waals surface area contributed by atoms with Gasteiger partial charge < -0.3 is 0 Å². The van der Waals surface area contributed by atoms with E-state index in [1.807, 2.05) is 19.1 Å². The smallest absolute Gasteiger partial charge is 0.206 e. The number of sulfonamides is 1. The summed E-state index contributed by atoms with van der Waals surface area (Å²) in [6.45, 7) is 2.43. The van der Waals surface area contributed by atoms with Crippen molar-refractivity contribution in [2.24, 2.45) is 0 Å². The van der Waals surface area contributed by atoms with Gasteiger partial charge in [0.1, 0.15) is 4.21 Å². The largest absolute Gasteiger partial charge is 0.253 e. The molecule has 1 aliphatic rings. The number of fused-ring (bicyclic) bond motifs is 1. The molecule has 1 saturated heterocycles. The Balaban J connectivity index is 2.12. The monoisotopic (exact) mass is 407 g/mol. The van der Waals surface area contributed by atoms with Crippen LogP contribution in [0.25, 0.3) is 10.1 Å². The van der Waals surface area contributed by atoms with E-state index in [1.54, 1.807) is 10.4 Å². The minimum absolute atomic E-state index is 0.107. The van der Waals surface area contributed by atoms with Gasteiger partial charge in [-0.2, -0.15) is 4.31 Å². The minimum atomic E-state index is -3.45. The van der Waals surface area contributed by atoms with Crippen LogP contribution in [0.3, 0.4) is 0 Å². The van der Waals surface area contributed by atoms with Gasteiger partial charge in [0.2, 0.25) is 0 Å². The zero-order valence-electron chi connectivity index (χ0n) is 11.5. The van der Waals surface area contributed by atoms with Crippen LogP contribution in [0.5, 0.6) is 0 Å². The Labute approximate surface area is 142 Å². The van der Waals surface area contributed by atoms with Crippen molar-refractivity contribution in [2.75, 3.05) is 6.54 Å². The summed E-state index contributed by atoms with van der Waals surface area (Å²) in [7, 11) is -3.45. The van der Waals surface area contributed by atoms with E-state index < -0.39 is 10.0 Å². The molecule has 0 spiro atoms. The first kappa shape index (κ1) is 15.7. The van der Waals surface area contributed by atoms with Crippen LogP contribution in [0.15, 0.2) is 22.4 Å². The Kier molecular flexibility index (Phi) is 4.36. The van der Waals surface area contributed by atoms with E-state index in [4.69, 9.17) is 11.6 Å². The van der Waals surface area contributed by atoms with Crippen molar-refractivity contribution >= 4 is 59.0 Å². The van der Waals surface area contributed by atoms with Crippen LogP contribution in [0.4, 0.5) is 0 Å². The number of thiophene rings is 1. The predicted octanol–water partition coefficient (Wildman–Crippen LogP) is 4.76. The van der Waals surface area contributed by atoms with E-state index in [1.165, 1.54) is 11.3 Å². The van der Waals surface area contributed by atoms with Crippen LogP contribution in [0.1, 0.15) is 24.8 Å². The zero-order valence-corrected chi connectivity index (χ0v) is 15.4. The molecule has 0 saturated carbocycles. The van der Waals surface area contributed by atoms with Gasteiger partial charge in [0.15, 0.2) is 0 Å². The maximum absolute atomic E-state index is 12.9. The van der Waals surface area contributed by atoms with Crippen molar-refractivity contribution in [2.45, 2.75) is 35.3 Å². The van der Waals surface area contributed by atoms with Crippen LogP contribution in [0.2, 0.25) is 5.02 Å². The lowest BCUT2D eigenvalue weighted by Crippen LogP contribution is -2.40. The molecule has 114 valence electrons. The summed E-state index contributed by atoms with van der Waals surface area (Å²) in [6.07, 6.45) is 2.83. The van der Waals surface area contributed by atoms with Crippen molar-refractivity contribution in [1.82, 2.24) is 4.31 Å². The molecular formula is C14H15BrClNO2S2. The van der Waals surface area contributed by atoms with Gasteiger partial charge in [-0.25, -0.2) is 8.42 Å². The summed E-state index contributed by atoms with van der Waals surface area (Å²) < 4.78 is 28.9. The molecule has 1 unspecified atom stereocenters. The number of alkyl halides is 1. The molecule has 7 heteroatoms. The number of benzene rings is 1. The topological polar surface area (TPSA) is 37.4 Å². The summed E-state index contributed by atoms with van der Waals surface area (Å²) in [5.74, 6) is 0. The lowest BCUT2D eigenvalue weighted by atomic mass is 10.2. The van der Waals surface area contributed by atoms with E-state index in [9.17, 15) is 8.42 Å². The Morgan fingerprint density at radius 3 is 2.86 bits per heavy atom. The molecule has 0 amide bonds. The number of piperidine rings is 1. The molecule has 1 aromatic carbocycles. The highest BCUT2D eigenvalue weighted by Gasteiger charge is 2.34. The Morgan fingerprint density at radius 1 is 1.38 bits per heavy atom. The Bertz CT molecular complexity index is 788. The van der Waals surface area contributed by atoms with Gasteiger partial charge in [0.05, 0.1) is 4.95 Å². The van der Waals surface area contributed by atoms with Crippen molar-refractivity contribution < 1.29 is 8.42 Å². The summed E-state index contributed by atoms with van der Waals surface area (Å²) >= 11 is 10.8. The number of rotatable bonds is 2. The van der Waals surface area contributed by atoms with Crippen LogP contribution in [-0.4, -0.2) is 24.2 Å². The zero-order chi connectivity index (χ0) is 15.2. The molecular weight excluding hydrogens is 394 g/mol. The third kappa shape index (κ3) is 2.77. The number of hydrogen-bond acceptors (Lipinski definition) is 3. The lowest BCUT2D eigenvalue weighted by Gasteiger charge is -2.30. The molecule has 21 heavy (non-hydrogen) atoms. The molecule has 0 radical (unpaired) electrons. The summed E-state index contributed by atoms with van der Waals surface area (Å²) in [5, 5.41) is 1.55. The average molecular weight is 409 g/mol. The van der Waals surface area contributed by atoms with E-state index in [0.717, 1.165) is 34.9 Å². The number of nitrogens with zero attached hydrogens (tertiary/aromatic N) is 1. The Hall–Kier alpha value is -0.140. The molecule has 1 aromatic heterocycles. The normalized spacial score (nSPS) is 21.0. The van der Waals surface area contributed by atoms with E-state index in [2.05, 4.69) is 15.9 Å². The minimum Gasteiger partial charge on any atom is -0.206 e.